The number of nitrogens with zero attached hydrogens (tertiary/aromatic N) is 2. The first-order valence-corrected chi connectivity index (χ1v) is 16.3. The molecule has 2 aliphatic rings. The first kappa shape index (κ1) is 32.7. The number of halogens is 3. The van der Waals surface area contributed by atoms with E-state index in [1.54, 1.807) is 31.4 Å². The molecular formula is C33H36F3N5O5S. The summed E-state index contributed by atoms with van der Waals surface area (Å²) in [6.07, 6.45) is -4.36. The van der Waals surface area contributed by atoms with Crippen molar-refractivity contribution in [1.29, 1.82) is 0 Å². The summed E-state index contributed by atoms with van der Waals surface area (Å²) in [4.78, 5) is 30.4. The maximum Gasteiger partial charge on any atom is 0.573 e. The number of alkyl halides is 3. The van der Waals surface area contributed by atoms with Gasteiger partial charge < -0.3 is 24.6 Å². The fourth-order valence-corrected chi connectivity index (χ4v) is 7.29. The molecule has 0 fully saturated rings. The Kier molecular flexibility index (Phi) is 9.09. The topological polar surface area (TPSA) is 108 Å². The smallest absolute Gasteiger partial charge is 0.487 e. The number of H-pyrrole nitrogens is 1. The van der Waals surface area contributed by atoms with Gasteiger partial charge in [-0.25, -0.2) is 0 Å². The normalized spacial score (nSPS) is 17.0. The number of ether oxygens (including phenoxy) is 3. The van der Waals surface area contributed by atoms with Crippen LogP contribution in [-0.2, 0) is 22.6 Å². The van der Waals surface area contributed by atoms with E-state index in [-0.39, 0.29) is 36.1 Å². The maximum atomic E-state index is 13.6. The molecule has 3 N–H and O–H groups in total. The van der Waals surface area contributed by atoms with E-state index in [2.05, 4.69) is 32.5 Å². The first-order valence-electron chi connectivity index (χ1n) is 15.4. The Hall–Kier alpha value is -4.27. The van der Waals surface area contributed by atoms with E-state index in [1.165, 1.54) is 17.1 Å². The van der Waals surface area contributed by atoms with Crippen molar-refractivity contribution in [2.75, 3.05) is 30.6 Å². The van der Waals surface area contributed by atoms with Crippen LogP contribution in [0.25, 0.3) is 10.1 Å². The highest BCUT2D eigenvalue weighted by Crippen LogP contribution is 2.47. The second kappa shape index (κ2) is 13.1. The Morgan fingerprint density at radius 3 is 2.74 bits per heavy atom. The number of benzene rings is 2. The Morgan fingerprint density at radius 1 is 1.19 bits per heavy atom. The molecule has 47 heavy (non-hydrogen) atoms. The second-order valence-electron chi connectivity index (χ2n) is 11.7. The zero-order valence-electron chi connectivity index (χ0n) is 26.4. The second-order valence-corrected chi connectivity index (χ2v) is 12.6. The maximum absolute atomic E-state index is 13.6. The molecule has 0 bridgehead atoms. The quantitative estimate of drug-likeness (QED) is 0.176. The molecule has 2 aromatic carbocycles. The monoisotopic (exact) mass is 671 g/mol. The zero-order valence-corrected chi connectivity index (χ0v) is 27.2. The van der Waals surface area contributed by atoms with Crippen molar-refractivity contribution >= 4 is 38.8 Å². The number of esters is 1. The molecule has 1 unspecified atom stereocenters. The van der Waals surface area contributed by atoms with Gasteiger partial charge in [-0.3, -0.25) is 19.5 Å². The van der Waals surface area contributed by atoms with Gasteiger partial charge in [-0.2, -0.15) is 0 Å². The van der Waals surface area contributed by atoms with Crippen molar-refractivity contribution in [3.05, 3.63) is 80.1 Å². The van der Waals surface area contributed by atoms with Gasteiger partial charge in [-0.1, -0.05) is 13.0 Å². The molecule has 0 amide bonds. The van der Waals surface area contributed by atoms with Crippen LogP contribution in [0.5, 0.6) is 11.5 Å². The molecule has 250 valence electrons. The number of aromatic amines is 1. The van der Waals surface area contributed by atoms with E-state index in [4.69, 9.17) is 9.47 Å². The van der Waals surface area contributed by atoms with Crippen molar-refractivity contribution in [2.24, 2.45) is 0 Å². The lowest BCUT2D eigenvalue weighted by Crippen LogP contribution is -2.32. The van der Waals surface area contributed by atoms with Gasteiger partial charge in [-0.05, 0) is 77.6 Å². The summed E-state index contributed by atoms with van der Waals surface area (Å²) in [5.41, 5.74) is 9.83. The van der Waals surface area contributed by atoms with Crippen molar-refractivity contribution in [3.8, 4) is 11.5 Å². The number of hydrogen-bond acceptors (Lipinski definition) is 10. The summed E-state index contributed by atoms with van der Waals surface area (Å²) in [5, 5.41) is 4.36. The average molecular weight is 672 g/mol. The van der Waals surface area contributed by atoms with E-state index >= 15 is 0 Å². The number of rotatable bonds is 9. The summed E-state index contributed by atoms with van der Waals surface area (Å²) < 4.78 is 58.0. The lowest BCUT2D eigenvalue weighted by atomic mass is 9.83. The zero-order chi connectivity index (χ0) is 33.5. The summed E-state index contributed by atoms with van der Waals surface area (Å²) in [6.45, 7) is 7.32. The molecule has 14 heteroatoms. The minimum absolute atomic E-state index is 0.0959. The molecule has 2 aromatic heterocycles. The number of carbonyl (C=O) groups excluding carboxylic acids is 1. The molecule has 4 heterocycles. The Bertz CT molecular complexity index is 1860. The highest BCUT2D eigenvalue weighted by atomic mass is 32.1. The third-order valence-corrected chi connectivity index (χ3v) is 9.53. The van der Waals surface area contributed by atoms with E-state index in [9.17, 15) is 22.8 Å². The Labute approximate surface area is 273 Å². The summed E-state index contributed by atoms with van der Waals surface area (Å²) in [6, 6.07) is 10.5. The van der Waals surface area contributed by atoms with Crippen LogP contribution >= 0.6 is 11.3 Å². The number of thiophene rings is 1. The molecule has 10 nitrogen and oxygen atoms in total. The van der Waals surface area contributed by atoms with Crippen molar-refractivity contribution in [3.63, 3.8) is 0 Å². The average Bonchev–Trinajstić information content (AvgIpc) is 3.60. The highest BCUT2D eigenvalue weighted by Gasteiger charge is 2.37. The van der Waals surface area contributed by atoms with Crippen LogP contribution in [0.1, 0.15) is 60.6 Å². The third kappa shape index (κ3) is 6.90. The summed E-state index contributed by atoms with van der Waals surface area (Å²) >= 11 is 1.59. The van der Waals surface area contributed by atoms with Gasteiger partial charge in [0.05, 0.1) is 24.4 Å². The largest absolute Gasteiger partial charge is 0.573 e. The number of nitrogens with one attached hydrogen (secondary N) is 3. The lowest BCUT2D eigenvalue weighted by Gasteiger charge is -2.26. The number of anilines is 2. The molecule has 2 atom stereocenters. The van der Waals surface area contributed by atoms with Crippen LogP contribution in [0.3, 0.4) is 0 Å². The van der Waals surface area contributed by atoms with Gasteiger partial charge >= 0.3 is 12.3 Å². The molecule has 2 aliphatic heterocycles. The number of hydrazine groups is 2. The van der Waals surface area contributed by atoms with E-state index < -0.39 is 18.2 Å². The number of carbonyl (C=O) groups is 1. The SMILES string of the molecule is CCOC(=O)CC(c1cc(CN2Cc3[nH]c(=O)ccc3O[C@H](CC)C2)c2sccc2c1)c1cc(OC(F)(F)F)c2c(c1C)NNN2C. The van der Waals surface area contributed by atoms with Crippen LogP contribution in [-0.4, -0.2) is 48.5 Å². The minimum Gasteiger partial charge on any atom is -0.487 e. The predicted octanol–water partition coefficient (Wildman–Crippen LogP) is 6.34. The number of hydrogen-bond donors (Lipinski definition) is 3. The van der Waals surface area contributed by atoms with Gasteiger partial charge in [0.25, 0.3) is 0 Å². The number of pyridine rings is 1. The van der Waals surface area contributed by atoms with Crippen LogP contribution in [0, 0.1) is 6.92 Å². The predicted molar refractivity (Wildman–Crippen MR) is 174 cm³/mol. The Balaban J connectivity index is 1.46. The van der Waals surface area contributed by atoms with Gasteiger partial charge in [-0.15, -0.1) is 30.0 Å². The van der Waals surface area contributed by atoms with Gasteiger partial charge in [0.1, 0.15) is 17.5 Å². The number of fused-ring (bicyclic) bond motifs is 3. The van der Waals surface area contributed by atoms with E-state index in [0.717, 1.165) is 27.6 Å². The lowest BCUT2D eigenvalue weighted by molar-refractivity contribution is -0.274. The minimum atomic E-state index is -4.93. The molecule has 0 spiro atoms. The van der Waals surface area contributed by atoms with E-state index in [0.29, 0.717) is 47.9 Å². The van der Waals surface area contributed by atoms with Gasteiger partial charge in [0.15, 0.2) is 5.75 Å². The molecule has 0 saturated carbocycles. The van der Waals surface area contributed by atoms with Crippen molar-refractivity contribution in [1.82, 2.24) is 15.4 Å². The molecule has 0 saturated heterocycles. The summed E-state index contributed by atoms with van der Waals surface area (Å²) in [7, 11) is 1.58. The van der Waals surface area contributed by atoms with Crippen molar-refractivity contribution in [2.45, 2.75) is 65.1 Å². The van der Waals surface area contributed by atoms with Crippen molar-refractivity contribution < 1.29 is 32.2 Å². The fourth-order valence-electron chi connectivity index (χ4n) is 6.40. The van der Waals surface area contributed by atoms with Gasteiger partial charge in [0, 0.05) is 43.4 Å². The molecule has 6 rings (SSSR count). The molecule has 4 aromatic rings. The van der Waals surface area contributed by atoms with Crippen LogP contribution < -0.4 is 31.0 Å². The van der Waals surface area contributed by atoms with Gasteiger partial charge in [0.2, 0.25) is 5.56 Å². The highest BCUT2D eigenvalue weighted by molar-refractivity contribution is 7.17. The number of aromatic nitrogens is 1. The van der Waals surface area contributed by atoms with Crippen LogP contribution in [0.15, 0.2) is 46.6 Å². The summed E-state index contributed by atoms with van der Waals surface area (Å²) in [5.74, 6) is -0.858. The molecular weight excluding hydrogens is 635 g/mol. The van der Waals surface area contributed by atoms with Crippen LogP contribution in [0.4, 0.5) is 24.5 Å². The fraction of sp³-hybridized carbons (Fsp3) is 0.394. The molecule has 0 radical (unpaired) electrons. The van der Waals surface area contributed by atoms with E-state index in [1.807, 2.05) is 30.5 Å². The molecule has 0 aliphatic carbocycles. The standard InChI is InChI=1S/C33H36F3N5O5S/c1-5-22-16-41(17-25-26(45-22)7-8-28(42)37-25)15-21-12-20(11-19-9-10-47-32(19)21)24(14-29(43)44-6-2)23-13-27(46-33(34,35)36)31-30(18(23)3)38-39-40(31)4/h7-13,22,24,38-39H,5-6,14-17H2,1-4H3,(H,37,42)/t22-,24?/m1/s1. The van der Waals surface area contributed by atoms with Crippen LogP contribution in [0.2, 0.25) is 0 Å². The first-order chi connectivity index (χ1) is 22.4. The third-order valence-electron chi connectivity index (χ3n) is 8.52. The Morgan fingerprint density at radius 2 is 2.00 bits per heavy atom.